The lowest BCUT2D eigenvalue weighted by molar-refractivity contribution is -0.270. The van der Waals surface area contributed by atoms with Gasteiger partial charge in [-0.25, -0.2) is 0 Å². The standard InChI is InChI=1S/C59H109N7O24/c1-37(70)63-46-52(79)49(76)40(31-67)88-55(46)85-25-16-10-7-13-22-60-43(73)19-28-82-34-59(66-58(4,5)6,35-83-29-20-44(74)61-23-14-8-11-17-26-86-56-47(64-38(2)71)53(80)50(77)41(32-68)89-56)36-84-30-21-45(75)62-24-15-9-12-18-27-87-57-48(65-39(3)72)54(81)51(78)42(33-69)90-57/h40-42,46-57,66-69,76-81H,7-36H2,1-6H3,(H,60,73)(H,61,74)(H,62,75)(H,63,70)(H,64,71)(H,65,72)/t40-,41-,42-,46-,47-,48-,49+,50+,51+,52-,53-,54-,55-,56-,57-/m1/s1. The second kappa shape index (κ2) is 43.9. The van der Waals surface area contributed by atoms with Crippen molar-refractivity contribution in [3.05, 3.63) is 0 Å². The van der Waals surface area contributed by atoms with Crippen molar-refractivity contribution < 1.29 is 117 Å². The zero-order valence-electron chi connectivity index (χ0n) is 53.5. The third-order valence-corrected chi connectivity index (χ3v) is 15.0. The summed E-state index contributed by atoms with van der Waals surface area (Å²) in [6, 6.07) is -3.07. The maximum atomic E-state index is 12.9. The first-order chi connectivity index (χ1) is 42.8. The van der Waals surface area contributed by atoms with Gasteiger partial charge in [-0.1, -0.05) is 38.5 Å². The molecule has 3 fully saturated rings. The molecule has 0 aromatic carbocycles. The Balaban J connectivity index is 1.44. The maximum Gasteiger partial charge on any atom is 0.222 e. The minimum Gasteiger partial charge on any atom is -0.394 e. The van der Waals surface area contributed by atoms with Crippen LogP contribution in [0.25, 0.3) is 0 Å². The van der Waals surface area contributed by atoms with E-state index >= 15 is 0 Å². The lowest BCUT2D eigenvalue weighted by Gasteiger charge is -2.42. The number of carbonyl (C=O) groups excluding carboxylic acids is 6. The number of hydrogen-bond acceptors (Lipinski definition) is 25. The molecule has 3 rings (SSSR count). The third-order valence-electron chi connectivity index (χ3n) is 15.0. The summed E-state index contributed by atoms with van der Waals surface area (Å²) < 4.78 is 52.5. The summed E-state index contributed by atoms with van der Waals surface area (Å²) in [7, 11) is 0. The van der Waals surface area contributed by atoms with Crippen molar-refractivity contribution in [2.24, 2.45) is 0 Å². The number of carbonyl (C=O) groups is 6. The summed E-state index contributed by atoms with van der Waals surface area (Å²) in [5.41, 5.74) is -1.48. The van der Waals surface area contributed by atoms with Gasteiger partial charge in [-0.05, 0) is 59.3 Å². The first-order valence-corrected chi connectivity index (χ1v) is 31.7. The van der Waals surface area contributed by atoms with Gasteiger partial charge >= 0.3 is 0 Å². The van der Waals surface area contributed by atoms with Crippen molar-refractivity contribution in [3.63, 3.8) is 0 Å². The Labute approximate surface area is 528 Å². The first-order valence-electron chi connectivity index (χ1n) is 31.7. The molecule has 31 nitrogen and oxygen atoms in total. The van der Waals surface area contributed by atoms with Crippen LogP contribution in [0.4, 0.5) is 0 Å². The molecule has 0 unspecified atom stereocenters. The van der Waals surface area contributed by atoms with E-state index in [0.29, 0.717) is 58.2 Å². The minimum absolute atomic E-state index is 0.0431. The normalized spacial score (nSPS) is 27.2. The van der Waals surface area contributed by atoms with Crippen LogP contribution in [-0.4, -0.2) is 283 Å². The van der Waals surface area contributed by atoms with E-state index in [-0.39, 0.29) is 96.4 Å². The molecular formula is C59H109N7O24. The van der Waals surface area contributed by atoms with Gasteiger partial charge in [-0.2, -0.15) is 0 Å². The van der Waals surface area contributed by atoms with Crippen LogP contribution in [0.5, 0.6) is 0 Å². The van der Waals surface area contributed by atoms with Gasteiger partial charge in [-0.15, -0.1) is 0 Å². The molecule has 0 spiro atoms. The van der Waals surface area contributed by atoms with Crippen molar-refractivity contribution in [2.75, 3.05) is 98.9 Å². The predicted octanol–water partition coefficient (Wildman–Crippen LogP) is -3.76. The number of nitrogens with one attached hydrogen (secondary N) is 7. The summed E-state index contributed by atoms with van der Waals surface area (Å²) in [6.07, 6.45) is -6.34. The lowest BCUT2D eigenvalue weighted by Crippen LogP contribution is -2.64. The highest BCUT2D eigenvalue weighted by Crippen LogP contribution is 2.26. The molecule has 0 bridgehead atoms. The van der Waals surface area contributed by atoms with E-state index in [0.717, 1.165) is 38.5 Å². The van der Waals surface area contributed by atoms with E-state index < -0.39 is 141 Å². The summed E-state index contributed by atoms with van der Waals surface area (Å²) in [5, 5.41) is 111. The summed E-state index contributed by atoms with van der Waals surface area (Å²) in [4.78, 5) is 73.8. The Morgan fingerprint density at radius 2 is 0.656 bits per heavy atom. The number of rotatable bonds is 46. The third kappa shape index (κ3) is 30.9. The largest absolute Gasteiger partial charge is 0.394 e. The predicted molar refractivity (Wildman–Crippen MR) is 320 cm³/mol. The highest BCUT2D eigenvalue weighted by Gasteiger charge is 2.48. The topological polar surface area (TPSA) is 452 Å². The average molecular weight is 1300 g/mol. The zero-order valence-corrected chi connectivity index (χ0v) is 53.5. The van der Waals surface area contributed by atoms with E-state index in [4.69, 9.17) is 42.6 Å². The fourth-order valence-corrected chi connectivity index (χ4v) is 10.5. The number of ether oxygens (including phenoxy) is 9. The molecule has 0 aromatic heterocycles. The maximum absolute atomic E-state index is 12.9. The second-order valence-corrected chi connectivity index (χ2v) is 24.3. The molecule has 15 atom stereocenters. The number of aliphatic hydroxyl groups is 9. The molecule has 16 N–H and O–H groups in total. The van der Waals surface area contributed by atoms with Gasteiger partial charge < -0.3 is 126 Å². The number of amides is 6. The smallest absolute Gasteiger partial charge is 0.222 e. The van der Waals surface area contributed by atoms with Crippen LogP contribution in [0.15, 0.2) is 0 Å². The molecule has 0 aromatic rings. The minimum atomic E-state index is -1.41. The van der Waals surface area contributed by atoms with Gasteiger partial charge in [0.15, 0.2) is 18.9 Å². The molecular weight excluding hydrogens is 1190 g/mol. The van der Waals surface area contributed by atoms with E-state index in [9.17, 15) is 74.7 Å². The van der Waals surface area contributed by atoms with Crippen LogP contribution in [0, 0.1) is 0 Å². The first kappa shape index (κ1) is 80.3. The van der Waals surface area contributed by atoms with E-state index in [2.05, 4.69) is 37.2 Å². The van der Waals surface area contributed by atoms with Crippen molar-refractivity contribution in [1.82, 2.24) is 37.2 Å². The molecule has 524 valence electrons. The van der Waals surface area contributed by atoms with Gasteiger partial charge in [0.05, 0.1) is 65.0 Å². The molecule has 0 aliphatic carbocycles. The lowest BCUT2D eigenvalue weighted by atomic mass is 9.97. The number of hydrogen-bond donors (Lipinski definition) is 16. The Morgan fingerprint density at radius 3 is 0.900 bits per heavy atom. The zero-order chi connectivity index (χ0) is 66.7. The van der Waals surface area contributed by atoms with Crippen LogP contribution in [0.3, 0.4) is 0 Å². The molecule has 3 heterocycles. The van der Waals surface area contributed by atoms with Crippen LogP contribution in [-0.2, 0) is 71.4 Å². The van der Waals surface area contributed by atoms with Gasteiger partial charge in [0.1, 0.15) is 73.1 Å². The van der Waals surface area contributed by atoms with Gasteiger partial charge in [0, 0.05) is 85.0 Å². The molecule has 3 saturated heterocycles. The SMILES string of the molecule is CC(=O)N[C@H]1[C@H](OCCCCCCNC(=O)CCOCC(COCCC(=O)NCCCCCCO[C@@H]2O[C@H](CO)[C@H](O)[C@H](O)[C@H]2NC(C)=O)(COCCC(=O)NCCCCCCO[C@@H]2O[C@H](CO)[C@H](O)[C@H](O)[C@H]2NC(C)=O)NC(C)(C)C)O[C@H](CO)[C@H](O)[C@@H]1O. The van der Waals surface area contributed by atoms with E-state index in [1.54, 1.807) is 0 Å². The molecule has 0 radical (unpaired) electrons. The van der Waals surface area contributed by atoms with Crippen molar-refractivity contribution in [1.29, 1.82) is 0 Å². The molecule has 6 amide bonds. The fourth-order valence-electron chi connectivity index (χ4n) is 10.5. The van der Waals surface area contributed by atoms with Crippen LogP contribution in [0.1, 0.15) is 138 Å². The molecule has 31 heteroatoms. The summed E-state index contributed by atoms with van der Waals surface area (Å²) in [5.74, 6) is -1.99. The monoisotopic (exact) mass is 1300 g/mol. The van der Waals surface area contributed by atoms with E-state index in [1.807, 2.05) is 20.8 Å². The average Bonchev–Trinajstić information content (AvgIpc) is 0.980. The summed E-state index contributed by atoms with van der Waals surface area (Å²) in [6.45, 7) is 10.3. The Kier molecular flexibility index (Phi) is 39.1. The van der Waals surface area contributed by atoms with Gasteiger partial charge in [-0.3, -0.25) is 28.8 Å². The van der Waals surface area contributed by atoms with Crippen molar-refractivity contribution >= 4 is 35.4 Å². The number of unbranched alkanes of at least 4 members (excludes halogenated alkanes) is 9. The van der Waals surface area contributed by atoms with Crippen molar-refractivity contribution in [3.8, 4) is 0 Å². The fraction of sp³-hybridized carbons (Fsp3) is 0.898. The van der Waals surface area contributed by atoms with Crippen LogP contribution >= 0.6 is 0 Å². The van der Waals surface area contributed by atoms with E-state index in [1.165, 1.54) is 20.8 Å². The Hall–Kier alpha value is -3.94. The second-order valence-electron chi connectivity index (χ2n) is 24.3. The Morgan fingerprint density at radius 1 is 0.389 bits per heavy atom. The molecule has 90 heavy (non-hydrogen) atoms. The number of aliphatic hydroxyl groups excluding tert-OH is 9. The highest BCUT2D eigenvalue weighted by molar-refractivity contribution is 5.77. The van der Waals surface area contributed by atoms with Crippen molar-refractivity contribution in [2.45, 2.75) is 241 Å². The quantitative estimate of drug-likeness (QED) is 0.0260. The van der Waals surface area contributed by atoms with Gasteiger partial charge in [0.2, 0.25) is 35.4 Å². The molecule has 0 saturated carbocycles. The molecule has 3 aliphatic rings. The molecule has 3 aliphatic heterocycles. The van der Waals surface area contributed by atoms with Crippen LogP contribution in [0.2, 0.25) is 0 Å². The van der Waals surface area contributed by atoms with Crippen LogP contribution < -0.4 is 37.2 Å². The highest BCUT2D eigenvalue weighted by atomic mass is 16.7. The summed E-state index contributed by atoms with van der Waals surface area (Å²) >= 11 is 0. The Bertz CT molecular complexity index is 1840. The van der Waals surface area contributed by atoms with Gasteiger partial charge in [0.25, 0.3) is 0 Å².